The number of ether oxygens (including phenoxy) is 2. The zero-order chi connectivity index (χ0) is 16.5. The number of hydrogen-bond donors (Lipinski definition) is 0. The first-order valence-electron chi connectivity index (χ1n) is 8.30. The molecule has 0 amide bonds. The van der Waals surface area contributed by atoms with Gasteiger partial charge in [0.2, 0.25) is 0 Å². The summed E-state index contributed by atoms with van der Waals surface area (Å²) in [7, 11) is 0. The van der Waals surface area contributed by atoms with E-state index < -0.39 is 0 Å². The fourth-order valence-corrected chi connectivity index (χ4v) is 3.19. The second-order valence-corrected chi connectivity index (χ2v) is 5.84. The molecule has 1 aromatic heterocycles. The van der Waals surface area contributed by atoms with Crippen molar-refractivity contribution in [1.82, 2.24) is 9.55 Å². The Labute approximate surface area is 141 Å². The first kappa shape index (κ1) is 14.8. The monoisotopic (exact) mass is 320 g/mol. The highest BCUT2D eigenvalue weighted by Gasteiger charge is 2.18. The van der Waals surface area contributed by atoms with E-state index in [-0.39, 0.29) is 0 Å². The molecule has 2 heterocycles. The average molecular weight is 320 g/mol. The lowest BCUT2D eigenvalue weighted by Crippen LogP contribution is -2.15. The Bertz CT molecular complexity index is 869. The van der Waals surface area contributed by atoms with Crippen LogP contribution in [0.2, 0.25) is 0 Å². The van der Waals surface area contributed by atoms with E-state index in [1.165, 1.54) is 0 Å². The van der Waals surface area contributed by atoms with Crippen LogP contribution >= 0.6 is 0 Å². The Morgan fingerprint density at radius 2 is 1.71 bits per heavy atom. The molecule has 0 fully saturated rings. The molecule has 4 rings (SSSR count). The maximum Gasteiger partial charge on any atom is 0.162 e. The number of rotatable bonds is 3. The van der Waals surface area contributed by atoms with Crippen LogP contribution in [-0.2, 0) is 6.54 Å². The maximum absolute atomic E-state index is 5.71. The summed E-state index contributed by atoms with van der Waals surface area (Å²) in [4.78, 5) is 4.94. The van der Waals surface area contributed by atoms with Gasteiger partial charge >= 0.3 is 0 Å². The van der Waals surface area contributed by atoms with E-state index in [2.05, 4.69) is 36.6 Å². The third kappa shape index (κ3) is 2.44. The van der Waals surface area contributed by atoms with E-state index >= 15 is 0 Å². The van der Waals surface area contributed by atoms with Gasteiger partial charge in [-0.15, -0.1) is 0 Å². The van der Waals surface area contributed by atoms with Crippen molar-refractivity contribution in [1.29, 1.82) is 0 Å². The SMILES string of the molecule is CCn1c(-c2ccccc2)nc(-c2ccc3c(c2)OCCO3)c1C. The Hall–Kier alpha value is -2.75. The van der Waals surface area contributed by atoms with E-state index in [1.54, 1.807) is 0 Å². The van der Waals surface area contributed by atoms with Gasteiger partial charge in [0, 0.05) is 23.4 Å². The van der Waals surface area contributed by atoms with E-state index in [9.17, 15) is 0 Å². The van der Waals surface area contributed by atoms with Crippen LogP contribution in [0.5, 0.6) is 11.5 Å². The number of hydrogen-bond acceptors (Lipinski definition) is 3. The van der Waals surface area contributed by atoms with E-state index in [0.29, 0.717) is 13.2 Å². The fraction of sp³-hybridized carbons (Fsp3) is 0.250. The molecule has 0 saturated heterocycles. The fourth-order valence-electron chi connectivity index (χ4n) is 3.19. The molecule has 24 heavy (non-hydrogen) atoms. The average Bonchev–Trinajstić information content (AvgIpc) is 2.98. The summed E-state index contributed by atoms with van der Waals surface area (Å²) in [6, 6.07) is 16.4. The lowest BCUT2D eigenvalue weighted by atomic mass is 10.1. The molecule has 122 valence electrons. The highest BCUT2D eigenvalue weighted by molar-refractivity contribution is 5.70. The van der Waals surface area contributed by atoms with Crippen molar-refractivity contribution in [2.24, 2.45) is 0 Å². The van der Waals surface area contributed by atoms with Gasteiger partial charge in [-0.05, 0) is 32.0 Å². The predicted molar refractivity (Wildman–Crippen MR) is 94.5 cm³/mol. The molecular weight excluding hydrogens is 300 g/mol. The molecule has 0 atom stereocenters. The zero-order valence-corrected chi connectivity index (χ0v) is 14.0. The quantitative estimate of drug-likeness (QED) is 0.721. The number of nitrogens with zero attached hydrogens (tertiary/aromatic N) is 2. The normalized spacial score (nSPS) is 13.1. The Kier molecular flexibility index (Phi) is 3.73. The number of benzene rings is 2. The van der Waals surface area contributed by atoms with Gasteiger partial charge in [0.1, 0.15) is 19.0 Å². The summed E-state index contributed by atoms with van der Waals surface area (Å²) in [5.74, 6) is 2.60. The van der Waals surface area contributed by atoms with Gasteiger partial charge in [0.05, 0.1) is 5.69 Å². The summed E-state index contributed by atoms with van der Waals surface area (Å²) in [5.41, 5.74) is 4.34. The Morgan fingerprint density at radius 3 is 2.46 bits per heavy atom. The summed E-state index contributed by atoms with van der Waals surface area (Å²) < 4.78 is 13.6. The summed E-state index contributed by atoms with van der Waals surface area (Å²) >= 11 is 0. The van der Waals surface area contributed by atoms with Crippen LogP contribution in [0.25, 0.3) is 22.6 Å². The molecule has 4 nitrogen and oxygen atoms in total. The van der Waals surface area contributed by atoms with Crippen molar-refractivity contribution in [3.63, 3.8) is 0 Å². The minimum Gasteiger partial charge on any atom is -0.486 e. The van der Waals surface area contributed by atoms with Crippen molar-refractivity contribution >= 4 is 0 Å². The lowest BCUT2D eigenvalue weighted by molar-refractivity contribution is 0.171. The van der Waals surface area contributed by atoms with Gasteiger partial charge in [0.15, 0.2) is 11.5 Å². The highest BCUT2D eigenvalue weighted by atomic mass is 16.6. The predicted octanol–water partition coefficient (Wildman–Crippen LogP) is 4.32. The van der Waals surface area contributed by atoms with Crippen LogP contribution in [0.1, 0.15) is 12.6 Å². The molecule has 1 aliphatic rings. The van der Waals surface area contributed by atoms with Crippen LogP contribution in [0, 0.1) is 6.92 Å². The van der Waals surface area contributed by atoms with Gasteiger partial charge in [0.25, 0.3) is 0 Å². The number of aromatic nitrogens is 2. The van der Waals surface area contributed by atoms with Gasteiger partial charge in [-0.1, -0.05) is 30.3 Å². The third-order valence-electron chi connectivity index (χ3n) is 4.38. The van der Waals surface area contributed by atoms with Gasteiger partial charge in [-0.2, -0.15) is 0 Å². The Morgan fingerprint density at radius 1 is 0.958 bits per heavy atom. The topological polar surface area (TPSA) is 36.3 Å². The number of imidazole rings is 1. The molecule has 3 aromatic rings. The van der Waals surface area contributed by atoms with E-state index in [1.807, 2.05) is 30.3 Å². The summed E-state index contributed by atoms with van der Waals surface area (Å²) in [6.45, 7) is 6.35. The van der Waals surface area contributed by atoms with Crippen molar-refractivity contribution < 1.29 is 9.47 Å². The van der Waals surface area contributed by atoms with Crippen LogP contribution in [0.4, 0.5) is 0 Å². The molecule has 0 spiro atoms. The molecule has 1 aliphatic heterocycles. The van der Waals surface area contributed by atoms with Crippen molar-refractivity contribution in [2.75, 3.05) is 13.2 Å². The molecule has 0 unspecified atom stereocenters. The summed E-state index contributed by atoms with van der Waals surface area (Å²) in [5, 5.41) is 0. The van der Waals surface area contributed by atoms with Gasteiger partial charge in [-0.25, -0.2) is 4.98 Å². The molecule has 2 aromatic carbocycles. The maximum atomic E-state index is 5.71. The molecule has 4 heteroatoms. The van der Waals surface area contributed by atoms with E-state index in [0.717, 1.165) is 46.4 Å². The first-order chi connectivity index (χ1) is 11.8. The van der Waals surface area contributed by atoms with Crippen molar-refractivity contribution in [2.45, 2.75) is 20.4 Å². The van der Waals surface area contributed by atoms with Crippen LogP contribution in [0.3, 0.4) is 0 Å². The molecule has 0 N–H and O–H groups in total. The molecule has 0 saturated carbocycles. The minimum absolute atomic E-state index is 0.591. The molecule has 0 radical (unpaired) electrons. The van der Waals surface area contributed by atoms with Gasteiger partial charge in [-0.3, -0.25) is 0 Å². The van der Waals surface area contributed by atoms with Crippen LogP contribution < -0.4 is 9.47 Å². The second kappa shape index (κ2) is 6.04. The van der Waals surface area contributed by atoms with Crippen molar-refractivity contribution in [3.05, 3.63) is 54.2 Å². The number of fused-ring (bicyclic) bond motifs is 1. The van der Waals surface area contributed by atoms with Crippen LogP contribution in [-0.4, -0.2) is 22.8 Å². The third-order valence-corrected chi connectivity index (χ3v) is 4.38. The minimum atomic E-state index is 0.591. The van der Waals surface area contributed by atoms with Gasteiger partial charge < -0.3 is 14.0 Å². The summed E-state index contributed by atoms with van der Waals surface area (Å²) in [6.07, 6.45) is 0. The first-order valence-corrected chi connectivity index (χ1v) is 8.30. The largest absolute Gasteiger partial charge is 0.486 e. The highest BCUT2D eigenvalue weighted by Crippen LogP contribution is 2.36. The smallest absolute Gasteiger partial charge is 0.162 e. The molecule has 0 aliphatic carbocycles. The van der Waals surface area contributed by atoms with Crippen molar-refractivity contribution in [3.8, 4) is 34.1 Å². The zero-order valence-electron chi connectivity index (χ0n) is 14.0. The molecule has 0 bridgehead atoms. The second-order valence-electron chi connectivity index (χ2n) is 5.84. The van der Waals surface area contributed by atoms with E-state index in [4.69, 9.17) is 14.5 Å². The Balaban J connectivity index is 1.83. The standard InChI is InChI=1S/C20H20N2O2/c1-3-22-14(2)19(21-20(22)15-7-5-4-6-8-15)16-9-10-17-18(13-16)24-12-11-23-17/h4-10,13H,3,11-12H2,1-2H3. The van der Waals surface area contributed by atoms with Crippen LogP contribution in [0.15, 0.2) is 48.5 Å². The lowest BCUT2D eigenvalue weighted by Gasteiger charge is -2.18. The molecular formula is C20H20N2O2.